The number of carbonyl (C=O) groups is 1. The van der Waals surface area contributed by atoms with Gasteiger partial charge in [0.15, 0.2) is 0 Å². The maximum atomic E-state index is 11.9. The van der Waals surface area contributed by atoms with Crippen molar-refractivity contribution in [2.45, 2.75) is 84.0 Å². The highest BCUT2D eigenvalue weighted by atomic mass is 35.5. The fourth-order valence-electron chi connectivity index (χ4n) is 2.74. The molecular weight excluding hydrogens is 336 g/mol. The van der Waals surface area contributed by atoms with Gasteiger partial charge in [-0.1, -0.05) is 82.7 Å². The fraction of sp³-hybridized carbons (Fsp3) is 0.737. The Labute approximate surface area is 157 Å². The van der Waals surface area contributed by atoms with Gasteiger partial charge in [0.1, 0.15) is 11.0 Å². The topological polar surface area (TPSA) is 66.9 Å². The predicted molar refractivity (Wildman–Crippen MR) is 106 cm³/mol. The maximum absolute atomic E-state index is 11.9. The number of nitrogens with zero attached hydrogens (tertiary/aromatic N) is 2. The number of halogens is 1. The van der Waals surface area contributed by atoms with Gasteiger partial charge in [-0.25, -0.2) is 4.98 Å². The van der Waals surface area contributed by atoms with E-state index in [0.717, 1.165) is 12.8 Å². The molecule has 6 heteroatoms. The highest BCUT2D eigenvalue weighted by Crippen LogP contribution is 2.15. The van der Waals surface area contributed by atoms with Crippen molar-refractivity contribution >= 4 is 29.3 Å². The van der Waals surface area contributed by atoms with Crippen LogP contribution in [0.15, 0.2) is 6.07 Å². The van der Waals surface area contributed by atoms with Crippen molar-refractivity contribution in [2.24, 2.45) is 0 Å². The summed E-state index contributed by atoms with van der Waals surface area (Å²) in [6.07, 6.45) is 14.5. The minimum atomic E-state index is -0.0553. The highest BCUT2D eigenvalue weighted by molar-refractivity contribution is 6.29. The summed E-state index contributed by atoms with van der Waals surface area (Å²) in [5, 5.41) is 5.90. The molecule has 0 unspecified atom stereocenters. The first kappa shape index (κ1) is 21.7. The van der Waals surface area contributed by atoms with E-state index >= 15 is 0 Å². The Morgan fingerprint density at radius 2 is 1.52 bits per heavy atom. The Kier molecular flexibility index (Phi) is 12.0. The van der Waals surface area contributed by atoms with Crippen LogP contribution in [0, 0.1) is 0 Å². The van der Waals surface area contributed by atoms with Gasteiger partial charge in [-0.2, -0.15) is 4.98 Å². The minimum absolute atomic E-state index is 0.0553. The molecule has 0 aliphatic heterocycles. The van der Waals surface area contributed by atoms with E-state index in [2.05, 4.69) is 27.5 Å². The molecule has 0 fully saturated rings. The SMILES string of the molecule is CCCCCCCCCCCCCC(=O)Nc1nc(Cl)cc(NC)n1. The van der Waals surface area contributed by atoms with E-state index in [-0.39, 0.29) is 11.9 Å². The normalized spacial score (nSPS) is 10.7. The lowest BCUT2D eigenvalue weighted by Gasteiger charge is -2.06. The Bertz CT molecular complexity index is 496. The van der Waals surface area contributed by atoms with Gasteiger partial charge in [0.25, 0.3) is 0 Å². The summed E-state index contributed by atoms with van der Waals surface area (Å²) < 4.78 is 0. The highest BCUT2D eigenvalue weighted by Gasteiger charge is 2.07. The molecule has 0 aromatic carbocycles. The monoisotopic (exact) mass is 368 g/mol. The first-order valence-corrected chi connectivity index (χ1v) is 10.1. The van der Waals surface area contributed by atoms with Crippen molar-refractivity contribution in [1.82, 2.24) is 9.97 Å². The molecule has 142 valence electrons. The van der Waals surface area contributed by atoms with Crippen LogP contribution in [-0.4, -0.2) is 22.9 Å². The van der Waals surface area contributed by atoms with Crippen LogP contribution in [0.2, 0.25) is 5.15 Å². The average Bonchev–Trinajstić information content (AvgIpc) is 2.59. The van der Waals surface area contributed by atoms with Crippen LogP contribution in [0.3, 0.4) is 0 Å². The van der Waals surface area contributed by atoms with Gasteiger partial charge in [0.2, 0.25) is 11.9 Å². The second kappa shape index (κ2) is 13.9. The zero-order valence-corrected chi connectivity index (χ0v) is 16.5. The summed E-state index contributed by atoms with van der Waals surface area (Å²) in [7, 11) is 1.75. The summed E-state index contributed by atoms with van der Waals surface area (Å²) >= 11 is 5.89. The van der Waals surface area contributed by atoms with Crippen LogP contribution in [0.1, 0.15) is 84.0 Å². The molecule has 0 saturated heterocycles. The van der Waals surface area contributed by atoms with Crippen molar-refractivity contribution in [2.75, 3.05) is 17.7 Å². The van der Waals surface area contributed by atoms with Gasteiger partial charge in [-0.3, -0.25) is 10.1 Å². The number of rotatable bonds is 14. The molecule has 1 aromatic rings. The number of nitrogens with one attached hydrogen (secondary N) is 2. The first-order chi connectivity index (χ1) is 12.2. The molecule has 0 bridgehead atoms. The minimum Gasteiger partial charge on any atom is -0.373 e. The summed E-state index contributed by atoms with van der Waals surface area (Å²) in [6.45, 7) is 2.25. The Morgan fingerprint density at radius 1 is 0.960 bits per heavy atom. The van der Waals surface area contributed by atoms with E-state index in [4.69, 9.17) is 11.6 Å². The molecule has 5 nitrogen and oxygen atoms in total. The first-order valence-electron chi connectivity index (χ1n) is 9.68. The third kappa shape index (κ3) is 11.0. The molecule has 1 heterocycles. The van der Waals surface area contributed by atoms with Crippen molar-refractivity contribution in [3.8, 4) is 0 Å². The number of carbonyl (C=O) groups excluding carboxylic acids is 1. The number of hydrogen-bond acceptors (Lipinski definition) is 4. The Hall–Kier alpha value is -1.36. The number of anilines is 2. The lowest BCUT2D eigenvalue weighted by atomic mass is 10.1. The van der Waals surface area contributed by atoms with Gasteiger partial charge in [-0.15, -0.1) is 0 Å². The lowest BCUT2D eigenvalue weighted by molar-refractivity contribution is -0.116. The zero-order valence-electron chi connectivity index (χ0n) is 15.7. The van der Waals surface area contributed by atoms with Gasteiger partial charge in [0, 0.05) is 19.5 Å². The van der Waals surface area contributed by atoms with Crippen LogP contribution in [0.5, 0.6) is 0 Å². The van der Waals surface area contributed by atoms with Gasteiger partial charge >= 0.3 is 0 Å². The third-order valence-electron chi connectivity index (χ3n) is 4.21. The molecule has 0 radical (unpaired) electrons. The standard InChI is InChI=1S/C19H33ClN4O/c1-3-4-5-6-7-8-9-10-11-12-13-14-18(25)24-19-22-16(20)15-17(21-2)23-19/h15H,3-14H2,1-2H3,(H2,21,22,23,24,25). The van der Waals surface area contributed by atoms with Gasteiger partial charge in [-0.05, 0) is 6.42 Å². The number of hydrogen-bond donors (Lipinski definition) is 2. The fourth-order valence-corrected chi connectivity index (χ4v) is 2.92. The van der Waals surface area contributed by atoms with Crippen molar-refractivity contribution in [1.29, 1.82) is 0 Å². The van der Waals surface area contributed by atoms with E-state index < -0.39 is 0 Å². The number of aromatic nitrogens is 2. The van der Waals surface area contributed by atoms with Crippen molar-refractivity contribution in [3.63, 3.8) is 0 Å². The second-order valence-corrected chi connectivity index (χ2v) is 6.87. The van der Waals surface area contributed by atoms with E-state index in [0.29, 0.717) is 17.4 Å². The van der Waals surface area contributed by atoms with Crippen LogP contribution in [-0.2, 0) is 4.79 Å². The molecule has 1 amide bonds. The molecule has 25 heavy (non-hydrogen) atoms. The molecule has 0 aliphatic rings. The van der Waals surface area contributed by atoms with Gasteiger partial charge in [0.05, 0.1) is 0 Å². The predicted octanol–water partition coefficient (Wildman–Crippen LogP) is 5.81. The molecule has 0 spiro atoms. The van der Waals surface area contributed by atoms with E-state index in [1.54, 1.807) is 13.1 Å². The molecule has 1 rings (SSSR count). The third-order valence-corrected chi connectivity index (χ3v) is 4.40. The Morgan fingerprint density at radius 3 is 2.08 bits per heavy atom. The van der Waals surface area contributed by atoms with Gasteiger partial charge < -0.3 is 5.32 Å². The van der Waals surface area contributed by atoms with Crippen LogP contribution < -0.4 is 10.6 Å². The number of amides is 1. The number of unbranched alkanes of at least 4 members (excludes halogenated alkanes) is 10. The van der Waals surface area contributed by atoms with Crippen molar-refractivity contribution in [3.05, 3.63) is 11.2 Å². The van der Waals surface area contributed by atoms with Crippen LogP contribution in [0.25, 0.3) is 0 Å². The average molecular weight is 369 g/mol. The quantitative estimate of drug-likeness (QED) is 0.321. The molecule has 1 aromatic heterocycles. The zero-order chi connectivity index (χ0) is 18.3. The molecule has 0 aliphatic carbocycles. The van der Waals surface area contributed by atoms with Crippen molar-refractivity contribution < 1.29 is 4.79 Å². The molecule has 2 N–H and O–H groups in total. The second-order valence-electron chi connectivity index (χ2n) is 6.48. The summed E-state index contributed by atoms with van der Waals surface area (Å²) in [5.74, 6) is 0.787. The summed E-state index contributed by atoms with van der Waals surface area (Å²) in [6, 6.07) is 1.61. The van der Waals surface area contributed by atoms with E-state index in [1.807, 2.05) is 0 Å². The largest absolute Gasteiger partial charge is 0.373 e. The van der Waals surface area contributed by atoms with E-state index in [1.165, 1.54) is 57.8 Å². The molecular formula is C19H33ClN4O. The summed E-state index contributed by atoms with van der Waals surface area (Å²) in [5.41, 5.74) is 0. The Balaban J connectivity index is 2.03. The maximum Gasteiger partial charge on any atom is 0.232 e. The smallest absolute Gasteiger partial charge is 0.232 e. The van der Waals surface area contributed by atoms with Crippen LogP contribution >= 0.6 is 11.6 Å². The van der Waals surface area contributed by atoms with Crippen LogP contribution in [0.4, 0.5) is 11.8 Å². The van der Waals surface area contributed by atoms with E-state index in [9.17, 15) is 4.79 Å². The molecule has 0 atom stereocenters. The lowest BCUT2D eigenvalue weighted by Crippen LogP contribution is -2.14. The summed E-state index contributed by atoms with van der Waals surface area (Å²) in [4.78, 5) is 20.1. The molecule has 0 saturated carbocycles.